The van der Waals surface area contributed by atoms with E-state index >= 15 is 0 Å². The van der Waals surface area contributed by atoms with Crippen LogP contribution in [-0.2, 0) is 10.2 Å². The van der Waals surface area contributed by atoms with Gasteiger partial charge in [-0.2, -0.15) is 17.4 Å². The molecule has 0 aromatic heterocycles. The lowest BCUT2D eigenvalue weighted by atomic mass is 10.1. The summed E-state index contributed by atoms with van der Waals surface area (Å²) >= 11 is 0. The van der Waals surface area contributed by atoms with Crippen molar-refractivity contribution in [2.24, 2.45) is 5.92 Å². The number of hydrogen-bond acceptors (Lipinski definition) is 3. The van der Waals surface area contributed by atoms with Gasteiger partial charge in [0.15, 0.2) is 0 Å². The average molecular weight is 278 g/mol. The Balaban J connectivity index is 2.66. The van der Waals surface area contributed by atoms with Crippen LogP contribution in [0.2, 0.25) is 0 Å². The third-order valence-electron chi connectivity index (χ3n) is 3.27. The second-order valence-corrected chi connectivity index (χ2v) is 7.25. The van der Waals surface area contributed by atoms with E-state index in [0.29, 0.717) is 12.5 Å². The van der Waals surface area contributed by atoms with E-state index in [1.165, 1.54) is 4.31 Å². The van der Waals surface area contributed by atoms with Crippen LogP contribution in [0.4, 0.5) is 0 Å². The van der Waals surface area contributed by atoms with E-state index in [0.717, 1.165) is 25.7 Å². The van der Waals surface area contributed by atoms with Crippen molar-refractivity contribution < 1.29 is 13.5 Å². The fourth-order valence-electron chi connectivity index (χ4n) is 2.55. The van der Waals surface area contributed by atoms with E-state index in [2.05, 4.69) is 18.6 Å². The molecule has 1 fully saturated rings. The van der Waals surface area contributed by atoms with E-state index < -0.39 is 10.2 Å². The minimum atomic E-state index is -3.47. The largest absolute Gasteiger partial charge is 0.395 e. The lowest BCUT2D eigenvalue weighted by molar-refractivity contribution is 0.153. The summed E-state index contributed by atoms with van der Waals surface area (Å²) in [6.07, 6.45) is 3.42. The van der Waals surface area contributed by atoms with E-state index in [1.807, 2.05) is 6.92 Å². The first-order chi connectivity index (χ1) is 8.36. The second kappa shape index (κ2) is 6.84. The van der Waals surface area contributed by atoms with Crippen molar-refractivity contribution in [2.75, 3.05) is 13.2 Å². The molecule has 2 unspecified atom stereocenters. The van der Waals surface area contributed by atoms with Crippen molar-refractivity contribution in [2.45, 2.75) is 58.5 Å². The highest BCUT2D eigenvalue weighted by atomic mass is 32.2. The van der Waals surface area contributed by atoms with Crippen LogP contribution < -0.4 is 4.72 Å². The first-order valence-electron chi connectivity index (χ1n) is 6.76. The molecule has 1 heterocycles. The highest BCUT2D eigenvalue weighted by molar-refractivity contribution is 7.87. The van der Waals surface area contributed by atoms with E-state index in [9.17, 15) is 13.5 Å². The summed E-state index contributed by atoms with van der Waals surface area (Å²) in [6, 6.07) is -0.334. The maximum Gasteiger partial charge on any atom is 0.280 e. The Labute approximate surface area is 111 Å². The van der Waals surface area contributed by atoms with Gasteiger partial charge in [0, 0.05) is 18.6 Å². The van der Waals surface area contributed by atoms with Crippen LogP contribution in [0.25, 0.3) is 0 Å². The van der Waals surface area contributed by atoms with Gasteiger partial charge in [0.05, 0.1) is 6.61 Å². The van der Waals surface area contributed by atoms with Crippen LogP contribution in [-0.4, -0.2) is 43.1 Å². The third-order valence-corrected chi connectivity index (χ3v) is 5.07. The van der Waals surface area contributed by atoms with E-state index in [-0.39, 0.29) is 18.7 Å². The molecule has 1 rings (SSSR count). The quantitative estimate of drug-likeness (QED) is 0.764. The summed E-state index contributed by atoms with van der Waals surface area (Å²) < 4.78 is 28.6. The van der Waals surface area contributed by atoms with E-state index in [1.54, 1.807) is 0 Å². The van der Waals surface area contributed by atoms with Crippen LogP contribution >= 0.6 is 0 Å². The molecule has 2 atom stereocenters. The molecular weight excluding hydrogens is 252 g/mol. The summed E-state index contributed by atoms with van der Waals surface area (Å²) in [7, 11) is -3.47. The SMILES string of the molecule is CC(C)CC(C)NS(=O)(=O)N1CCCCC1CO. The molecule has 0 bridgehead atoms. The number of hydrogen-bond donors (Lipinski definition) is 2. The molecule has 0 aromatic rings. The maximum atomic E-state index is 12.3. The third kappa shape index (κ3) is 4.50. The van der Waals surface area contributed by atoms with Crippen LogP contribution in [0.15, 0.2) is 0 Å². The minimum Gasteiger partial charge on any atom is -0.395 e. The standard InChI is InChI=1S/C12H26N2O3S/c1-10(2)8-11(3)13-18(16,17)14-7-5-4-6-12(14)9-15/h10-13,15H,4-9H2,1-3H3. The van der Waals surface area contributed by atoms with Crippen molar-refractivity contribution in [3.8, 4) is 0 Å². The van der Waals surface area contributed by atoms with Gasteiger partial charge in [-0.25, -0.2) is 0 Å². The van der Waals surface area contributed by atoms with Gasteiger partial charge >= 0.3 is 0 Å². The Kier molecular flexibility index (Phi) is 6.04. The van der Waals surface area contributed by atoms with Crippen molar-refractivity contribution >= 4 is 10.2 Å². The Bertz CT molecular complexity index is 343. The first-order valence-corrected chi connectivity index (χ1v) is 8.20. The van der Waals surface area contributed by atoms with Gasteiger partial charge in [-0.15, -0.1) is 0 Å². The number of nitrogens with zero attached hydrogens (tertiary/aromatic N) is 1. The molecule has 0 saturated carbocycles. The molecule has 0 aromatic carbocycles. The lowest BCUT2D eigenvalue weighted by Crippen LogP contribution is -2.52. The van der Waals surface area contributed by atoms with Crippen molar-refractivity contribution in [1.82, 2.24) is 9.03 Å². The molecule has 108 valence electrons. The number of piperidine rings is 1. The van der Waals surface area contributed by atoms with Gasteiger partial charge in [0.25, 0.3) is 10.2 Å². The van der Waals surface area contributed by atoms with Gasteiger partial charge in [-0.1, -0.05) is 20.3 Å². The fraction of sp³-hybridized carbons (Fsp3) is 1.00. The van der Waals surface area contributed by atoms with Gasteiger partial charge in [-0.3, -0.25) is 0 Å². The van der Waals surface area contributed by atoms with Crippen LogP contribution in [0.1, 0.15) is 46.5 Å². The molecule has 18 heavy (non-hydrogen) atoms. The fourth-order valence-corrected chi connectivity index (χ4v) is 4.22. The molecule has 1 aliphatic heterocycles. The number of nitrogens with one attached hydrogen (secondary N) is 1. The Morgan fingerprint density at radius 2 is 2.00 bits per heavy atom. The number of aliphatic hydroxyl groups is 1. The smallest absolute Gasteiger partial charge is 0.280 e. The summed E-state index contributed by atoms with van der Waals surface area (Å²) in [4.78, 5) is 0. The first kappa shape index (κ1) is 15.9. The Hall–Kier alpha value is -0.170. The monoisotopic (exact) mass is 278 g/mol. The van der Waals surface area contributed by atoms with Crippen LogP contribution in [0.5, 0.6) is 0 Å². The zero-order valence-electron chi connectivity index (χ0n) is 11.6. The molecule has 1 aliphatic rings. The maximum absolute atomic E-state index is 12.3. The average Bonchev–Trinajstić information content (AvgIpc) is 2.27. The topological polar surface area (TPSA) is 69.6 Å². The summed E-state index contributed by atoms with van der Waals surface area (Å²) in [5.41, 5.74) is 0. The summed E-state index contributed by atoms with van der Waals surface area (Å²) in [5.74, 6) is 0.456. The highest BCUT2D eigenvalue weighted by Gasteiger charge is 2.32. The molecule has 1 saturated heterocycles. The lowest BCUT2D eigenvalue weighted by Gasteiger charge is -2.34. The van der Waals surface area contributed by atoms with Gasteiger partial charge in [0.2, 0.25) is 0 Å². The molecule has 0 amide bonds. The normalized spacial score (nSPS) is 24.4. The molecular formula is C12H26N2O3S. The molecule has 2 N–H and O–H groups in total. The van der Waals surface area contributed by atoms with E-state index in [4.69, 9.17) is 0 Å². The van der Waals surface area contributed by atoms with Crippen LogP contribution in [0, 0.1) is 5.92 Å². The molecule has 6 heteroatoms. The zero-order valence-corrected chi connectivity index (χ0v) is 12.4. The van der Waals surface area contributed by atoms with Crippen molar-refractivity contribution in [3.63, 3.8) is 0 Å². The highest BCUT2D eigenvalue weighted by Crippen LogP contribution is 2.20. The van der Waals surface area contributed by atoms with Gasteiger partial charge < -0.3 is 5.11 Å². The molecule has 0 aliphatic carbocycles. The predicted molar refractivity (Wildman–Crippen MR) is 72.4 cm³/mol. The molecule has 0 radical (unpaired) electrons. The number of rotatable bonds is 6. The van der Waals surface area contributed by atoms with Crippen molar-refractivity contribution in [1.29, 1.82) is 0 Å². The van der Waals surface area contributed by atoms with Crippen LogP contribution in [0.3, 0.4) is 0 Å². The van der Waals surface area contributed by atoms with Gasteiger partial charge in [0.1, 0.15) is 0 Å². The molecule has 0 spiro atoms. The second-order valence-electron chi connectivity index (χ2n) is 5.60. The molecule has 5 nitrogen and oxygen atoms in total. The Morgan fingerprint density at radius 3 is 2.56 bits per heavy atom. The minimum absolute atomic E-state index is 0.0729. The Morgan fingerprint density at radius 1 is 1.33 bits per heavy atom. The van der Waals surface area contributed by atoms with Gasteiger partial charge in [-0.05, 0) is 32.1 Å². The zero-order chi connectivity index (χ0) is 13.8. The summed E-state index contributed by atoms with van der Waals surface area (Å²) in [6.45, 7) is 6.44. The van der Waals surface area contributed by atoms with Crippen molar-refractivity contribution in [3.05, 3.63) is 0 Å². The summed E-state index contributed by atoms with van der Waals surface area (Å²) in [5, 5.41) is 9.27. The number of aliphatic hydroxyl groups excluding tert-OH is 1. The predicted octanol–water partition coefficient (Wildman–Crippen LogP) is 1.10.